The molecule has 2 amide bonds. The number of hydrazone groups is 1. The summed E-state index contributed by atoms with van der Waals surface area (Å²) in [6, 6.07) is -2.31. The van der Waals surface area contributed by atoms with E-state index in [0.717, 1.165) is 18.0 Å². The second-order valence-electron chi connectivity index (χ2n) is 5.43. The molecule has 0 heterocycles. The van der Waals surface area contributed by atoms with Gasteiger partial charge in [-0.3, -0.25) is 19.2 Å². The van der Waals surface area contributed by atoms with Crippen LogP contribution in [0.15, 0.2) is 5.10 Å². The molecule has 0 unspecified atom stereocenters. The van der Waals surface area contributed by atoms with Gasteiger partial charge in [-0.2, -0.15) is 16.9 Å². The quantitative estimate of drug-likeness (QED) is 0.0919. The number of amides is 2. The Morgan fingerprint density at radius 2 is 1.89 bits per heavy atom. The summed E-state index contributed by atoms with van der Waals surface area (Å²) in [6.07, 6.45) is 1.79. The van der Waals surface area contributed by atoms with Gasteiger partial charge in [-0.1, -0.05) is 0 Å². The van der Waals surface area contributed by atoms with Crippen LogP contribution in [0, 0.1) is 0 Å². The van der Waals surface area contributed by atoms with E-state index >= 15 is 0 Å². The van der Waals surface area contributed by atoms with Gasteiger partial charge in [-0.25, -0.2) is 13.2 Å². The maximum Gasteiger partial charge on any atom is 0.322 e. The molecule has 0 aromatic rings. The Morgan fingerprint density at radius 3 is 2.43 bits per heavy atom. The van der Waals surface area contributed by atoms with E-state index in [-0.39, 0.29) is 24.3 Å². The molecule has 28 heavy (non-hydrogen) atoms. The van der Waals surface area contributed by atoms with Crippen molar-refractivity contribution in [2.45, 2.75) is 24.9 Å². The number of hydrogen-bond acceptors (Lipinski definition) is 9. The average molecular weight is 441 g/mol. The number of hydrogen-bond donors (Lipinski definition) is 6. The third kappa shape index (κ3) is 13.8. The Bertz CT molecular complexity index is 697. The van der Waals surface area contributed by atoms with E-state index in [2.05, 4.69) is 15.7 Å². The van der Waals surface area contributed by atoms with Crippen LogP contribution in [0.5, 0.6) is 0 Å². The smallest absolute Gasteiger partial charge is 0.322 e. The van der Waals surface area contributed by atoms with Gasteiger partial charge in [0.2, 0.25) is 21.8 Å². The zero-order valence-electron chi connectivity index (χ0n) is 15.0. The van der Waals surface area contributed by atoms with Crippen molar-refractivity contribution < 1.29 is 37.8 Å². The molecule has 0 aliphatic carbocycles. The number of sulfonamides is 1. The normalized spacial score (nSPS) is 13.5. The van der Waals surface area contributed by atoms with Crippen molar-refractivity contribution in [3.05, 3.63) is 0 Å². The van der Waals surface area contributed by atoms with Gasteiger partial charge in [0.25, 0.3) is 0 Å². The van der Waals surface area contributed by atoms with Crippen molar-refractivity contribution in [2.75, 3.05) is 24.3 Å². The summed E-state index contributed by atoms with van der Waals surface area (Å²) < 4.78 is 21.7. The van der Waals surface area contributed by atoms with Gasteiger partial charge in [-0.15, -0.1) is 0 Å². The fraction of sp³-hybridized carbons (Fsp3) is 0.615. The molecule has 0 bridgehead atoms. The fourth-order valence-corrected chi connectivity index (χ4v) is 2.61. The average Bonchev–Trinajstić information content (AvgIpc) is 2.58. The predicted molar refractivity (Wildman–Crippen MR) is 101 cm³/mol. The molecule has 0 aromatic heterocycles. The number of aliphatic carboxylic acids is 2. The van der Waals surface area contributed by atoms with Gasteiger partial charge in [0.1, 0.15) is 18.6 Å². The fourth-order valence-electron chi connectivity index (χ4n) is 1.55. The maximum absolute atomic E-state index is 12.0. The Morgan fingerprint density at radius 1 is 1.25 bits per heavy atom. The van der Waals surface area contributed by atoms with E-state index < -0.39 is 52.4 Å². The first kappa shape index (κ1) is 25.6. The Kier molecular flexibility index (Phi) is 11.8. The van der Waals surface area contributed by atoms with Gasteiger partial charge in [0, 0.05) is 24.1 Å². The molecule has 7 N–H and O–H groups in total. The van der Waals surface area contributed by atoms with Crippen LogP contribution in [0.4, 0.5) is 0 Å². The lowest BCUT2D eigenvalue weighted by atomic mass is 10.1. The highest BCUT2D eigenvalue weighted by Gasteiger charge is 2.22. The second-order valence-corrected chi connectivity index (χ2v) is 8.23. The molecule has 0 fully saturated rings. The largest absolute Gasteiger partial charge is 0.480 e. The van der Waals surface area contributed by atoms with E-state index in [9.17, 15) is 27.6 Å². The number of thioether (sulfide) groups is 1. The molecule has 0 spiro atoms. The first-order valence-electron chi connectivity index (χ1n) is 7.75. The lowest BCUT2D eigenvalue weighted by molar-refractivity contribution is -0.139. The van der Waals surface area contributed by atoms with Crippen LogP contribution in [-0.4, -0.2) is 85.0 Å². The van der Waals surface area contributed by atoms with Crippen LogP contribution in [0.1, 0.15) is 12.8 Å². The van der Waals surface area contributed by atoms with Crippen molar-refractivity contribution >= 4 is 51.8 Å². The molecule has 0 aliphatic rings. The molecule has 0 rings (SSSR count). The number of carbonyl (C=O) groups excluding carboxylic acids is 2. The Hall–Kier alpha value is -2.39. The van der Waals surface area contributed by atoms with Crippen LogP contribution in [0.25, 0.3) is 0 Å². The zero-order valence-corrected chi connectivity index (χ0v) is 16.6. The van der Waals surface area contributed by atoms with Gasteiger partial charge in [0.05, 0.1) is 6.26 Å². The van der Waals surface area contributed by atoms with E-state index in [1.807, 2.05) is 4.83 Å². The van der Waals surface area contributed by atoms with E-state index in [1.54, 1.807) is 0 Å². The summed E-state index contributed by atoms with van der Waals surface area (Å²) in [6.45, 7) is -0.639. The molecule has 0 saturated carbocycles. The van der Waals surface area contributed by atoms with Gasteiger partial charge in [0.15, 0.2) is 0 Å². The molecule has 0 aliphatic heterocycles. The molecule has 2 atom stereocenters. The van der Waals surface area contributed by atoms with Crippen molar-refractivity contribution in [1.82, 2.24) is 15.5 Å². The summed E-state index contributed by atoms with van der Waals surface area (Å²) in [5, 5.41) is 25.3. The first-order valence-corrected chi connectivity index (χ1v) is 10.8. The molecule has 0 saturated heterocycles. The number of nitrogens with zero attached hydrogens (tertiary/aromatic N) is 1. The molecular formula is C13H23N5O8S2. The van der Waals surface area contributed by atoms with Crippen LogP contribution >= 0.6 is 11.8 Å². The Labute approximate surface area is 165 Å². The number of carboxylic acid groups (broad SMARTS) is 2. The van der Waals surface area contributed by atoms with Crippen molar-refractivity contribution in [3.63, 3.8) is 0 Å². The highest BCUT2D eigenvalue weighted by atomic mass is 32.2. The van der Waals surface area contributed by atoms with Crippen molar-refractivity contribution in [2.24, 2.45) is 10.8 Å². The maximum atomic E-state index is 12.0. The summed E-state index contributed by atoms with van der Waals surface area (Å²) in [7, 11) is -3.48. The summed E-state index contributed by atoms with van der Waals surface area (Å²) >= 11 is 1.12. The molecule has 13 nitrogen and oxygen atoms in total. The standard InChI is InChI=1S/C13H23N5O8S2/c1-28(25,26)18-16-4-5-27-7-9(12(22)15-6-11(20)21)17-10(19)3-2-8(14)13(23)24/h4,8-9,18H,2-3,5-7,14H2,1H3,(H,15,22)(H,17,19)(H,20,21)(H,23,24)/b16-4+/t8-,9-/m0/s1. The minimum atomic E-state index is -3.48. The summed E-state index contributed by atoms with van der Waals surface area (Å²) in [5.74, 6) is -3.66. The first-order chi connectivity index (χ1) is 12.9. The van der Waals surface area contributed by atoms with Gasteiger partial charge >= 0.3 is 11.9 Å². The minimum Gasteiger partial charge on any atom is -0.480 e. The zero-order chi connectivity index (χ0) is 21.7. The van der Waals surface area contributed by atoms with E-state index in [0.29, 0.717) is 0 Å². The second kappa shape index (κ2) is 12.9. The number of nitrogens with two attached hydrogens (primary N) is 1. The molecule has 15 heteroatoms. The number of carbonyl (C=O) groups is 4. The number of rotatable bonds is 14. The lowest BCUT2D eigenvalue weighted by Crippen LogP contribution is -2.49. The monoisotopic (exact) mass is 441 g/mol. The molecular weight excluding hydrogens is 418 g/mol. The lowest BCUT2D eigenvalue weighted by Gasteiger charge is -2.17. The van der Waals surface area contributed by atoms with Crippen molar-refractivity contribution in [1.29, 1.82) is 0 Å². The topological polar surface area (TPSA) is 217 Å². The third-order valence-corrected chi connectivity index (χ3v) is 4.24. The van der Waals surface area contributed by atoms with Crippen LogP contribution < -0.4 is 21.2 Å². The molecule has 0 aromatic carbocycles. The van der Waals surface area contributed by atoms with Gasteiger partial charge < -0.3 is 26.6 Å². The SMILES string of the molecule is CS(=O)(=O)N/N=C/CSC[C@H](NC(=O)CC[C@H](N)C(=O)O)C(=O)NCC(=O)O. The number of carboxylic acids is 2. The minimum absolute atomic E-state index is 0.0348. The van der Waals surface area contributed by atoms with E-state index in [4.69, 9.17) is 15.9 Å². The third-order valence-electron chi connectivity index (χ3n) is 2.85. The van der Waals surface area contributed by atoms with Crippen LogP contribution in [0.3, 0.4) is 0 Å². The Balaban J connectivity index is 4.64. The highest BCUT2D eigenvalue weighted by Crippen LogP contribution is 2.04. The summed E-state index contributed by atoms with van der Waals surface area (Å²) in [5.41, 5.74) is 5.30. The molecule has 0 radical (unpaired) electrons. The molecule has 160 valence electrons. The van der Waals surface area contributed by atoms with Crippen molar-refractivity contribution in [3.8, 4) is 0 Å². The summed E-state index contributed by atoms with van der Waals surface area (Å²) in [4.78, 5) is 47.0. The van der Waals surface area contributed by atoms with E-state index in [1.165, 1.54) is 6.21 Å². The van der Waals surface area contributed by atoms with Crippen LogP contribution in [0.2, 0.25) is 0 Å². The highest BCUT2D eigenvalue weighted by molar-refractivity contribution is 7.99. The van der Waals surface area contributed by atoms with Crippen LogP contribution in [-0.2, 0) is 29.2 Å². The number of nitrogens with one attached hydrogen (secondary N) is 3. The van der Waals surface area contributed by atoms with Gasteiger partial charge in [-0.05, 0) is 6.42 Å². The predicted octanol–water partition coefficient (Wildman–Crippen LogP) is -2.87.